The predicted octanol–water partition coefficient (Wildman–Crippen LogP) is 6.53. The Morgan fingerprint density at radius 3 is 2.59 bits per heavy atom. The highest BCUT2D eigenvalue weighted by Crippen LogP contribution is 2.29. The first kappa shape index (κ1) is 19.6. The molecular weight excluding hydrogens is 401 g/mol. The Hall–Kier alpha value is -2.75. The molecule has 0 amide bonds. The highest BCUT2D eigenvalue weighted by molar-refractivity contribution is 6.42. The van der Waals surface area contributed by atoms with Crippen molar-refractivity contribution in [2.75, 3.05) is 6.54 Å². The number of nitrogens with one attached hydrogen (secondary N) is 1. The van der Waals surface area contributed by atoms with Gasteiger partial charge < -0.3 is 5.32 Å². The minimum atomic E-state index is 0.515. The Bertz CT molecular complexity index is 1160. The topological polar surface area (TPSA) is 29.9 Å². The summed E-state index contributed by atoms with van der Waals surface area (Å²) in [6, 6.07) is 22.3. The van der Waals surface area contributed by atoms with E-state index in [0.717, 1.165) is 40.8 Å². The molecule has 0 aliphatic heterocycles. The third kappa shape index (κ3) is 4.16. The molecule has 4 rings (SSSR count). The van der Waals surface area contributed by atoms with Crippen molar-refractivity contribution >= 4 is 39.8 Å². The molecule has 1 N–H and O–H groups in total. The lowest BCUT2D eigenvalue weighted by Crippen LogP contribution is -2.15. The standard InChI is InChI=1S/C24H21Cl2N3/c1-2-23(27-14-13-17-7-4-3-5-8-17)19-9-6-10-24-20(19)16-28-29(24)18-11-12-21(25)22(26)15-18/h2-12,15-16,27H,13-14H2,1H3/b23-2-. The number of benzene rings is 3. The monoisotopic (exact) mass is 421 g/mol. The van der Waals surface area contributed by atoms with Gasteiger partial charge in [0.05, 0.1) is 27.4 Å². The first-order valence-electron chi connectivity index (χ1n) is 9.54. The first-order valence-corrected chi connectivity index (χ1v) is 10.3. The van der Waals surface area contributed by atoms with Crippen LogP contribution in [0.2, 0.25) is 10.0 Å². The molecule has 0 atom stereocenters. The fourth-order valence-electron chi connectivity index (χ4n) is 3.45. The quantitative estimate of drug-likeness (QED) is 0.383. The number of nitrogens with zero attached hydrogens (tertiary/aromatic N) is 2. The van der Waals surface area contributed by atoms with Gasteiger partial charge in [-0.25, -0.2) is 4.68 Å². The van der Waals surface area contributed by atoms with E-state index in [1.165, 1.54) is 5.56 Å². The molecular formula is C24H21Cl2N3. The summed E-state index contributed by atoms with van der Waals surface area (Å²) in [5, 5.41) is 10.3. The maximum Gasteiger partial charge on any atom is 0.0747 e. The molecule has 146 valence electrons. The maximum absolute atomic E-state index is 6.20. The van der Waals surface area contributed by atoms with Gasteiger partial charge in [-0.15, -0.1) is 0 Å². The Morgan fingerprint density at radius 1 is 1.00 bits per heavy atom. The van der Waals surface area contributed by atoms with E-state index in [0.29, 0.717) is 10.0 Å². The molecule has 0 bridgehead atoms. The summed E-state index contributed by atoms with van der Waals surface area (Å²) in [4.78, 5) is 0. The minimum Gasteiger partial charge on any atom is -0.384 e. The lowest BCUT2D eigenvalue weighted by Gasteiger charge is -2.13. The normalized spacial score (nSPS) is 11.8. The molecule has 0 aliphatic carbocycles. The van der Waals surface area contributed by atoms with Crippen molar-refractivity contribution in [3.8, 4) is 5.69 Å². The molecule has 0 saturated carbocycles. The Labute approximate surface area is 180 Å². The van der Waals surface area contributed by atoms with Gasteiger partial charge in [0.15, 0.2) is 0 Å². The number of hydrogen-bond acceptors (Lipinski definition) is 2. The van der Waals surface area contributed by atoms with E-state index >= 15 is 0 Å². The van der Waals surface area contributed by atoms with Crippen molar-refractivity contribution in [2.45, 2.75) is 13.3 Å². The van der Waals surface area contributed by atoms with Gasteiger partial charge in [0, 0.05) is 23.2 Å². The summed E-state index contributed by atoms with van der Waals surface area (Å²) in [5.74, 6) is 0. The van der Waals surface area contributed by atoms with Crippen LogP contribution in [-0.4, -0.2) is 16.3 Å². The first-order chi connectivity index (χ1) is 14.2. The van der Waals surface area contributed by atoms with Crippen LogP contribution in [0.1, 0.15) is 18.1 Å². The lowest BCUT2D eigenvalue weighted by molar-refractivity contribution is 0.847. The number of hydrogen-bond donors (Lipinski definition) is 1. The minimum absolute atomic E-state index is 0.515. The van der Waals surface area contributed by atoms with E-state index in [1.54, 1.807) is 6.07 Å². The fraction of sp³-hybridized carbons (Fsp3) is 0.125. The number of fused-ring (bicyclic) bond motifs is 1. The predicted molar refractivity (Wildman–Crippen MR) is 123 cm³/mol. The van der Waals surface area contributed by atoms with Gasteiger partial charge in [0.25, 0.3) is 0 Å². The molecule has 0 unspecified atom stereocenters. The highest BCUT2D eigenvalue weighted by Gasteiger charge is 2.12. The summed E-state index contributed by atoms with van der Waals surface area (Å²) in [7, 11) is 0. The average molecular weight is 422 g/mol. The molecule has 5 heteroatoms. The second-order valence-corrected chi connectivity index (χ2v) is 7.57. The number of allylic oxidation sites excluding steroid dienone is 1. The van der Waals surface area contributed by atoms with Crippen LogP contribution in [0.5, 0.6) is 0 Å². The zero-order chi connectivity index (χ0) is 20.2. The van der Waals surface area contributed by atoms with Gasteiger partial charge in [-0.1, -0.05) is 71.7 Å². The molecule has 1 heterocycles. The van der Waals surface area contributed by atoms with Crippen LogP contribution in [0.15, 0.2) is 79.0 Å². The van der Waals surface area contributed by atoms with Crippen molar-refractivity contribution in [2.24, 2.45) is 0 Å². The fourth-order valence-corrected chi connectivity index (χ4v) is 3.74. The SMILES string of the molecule is C/C=C(\NCCc1ccccc1)c1cccc2c1cnn2-c1ccc(Cl)c(Cl)c1. The van der Waals surface area contributed by atoms with Crippen LogP contribution in [0.3, 0.4) is 0 Å². The van der Waals surface area contributed by atoms with Crippen molar-refractivity contribution in [3.63, 3.8) is 0 Å². The lowest BCUT2D eigenvalue weighted by atomic mass is 10.1. The van der Waals surface area contributed by atoms with Crippen LogP contribution in [0.4, 0.5) is 0 Å². The maximum atomic E-state index is 6.20. The van der Waals surface area contributed by atoms with E-state index < -0.39 is 0 Å². The van der Waals surface area contributed by atoms with Crippen molar-refractivity contribution in [3.05, 3.63) is 100 Å². The zero-order valence-electron chi connectivity index (χ0n) is 16.1. The molecule has 0 aliphatic rings. The zero-order valence-corrected chi connectivity index (χ0v) is 17.6. The molecule has 3 nitrogen and oxygen atoms in total. The number of aromatic nitrogens is 2. The largest absolute Gasteiger partial charge is 0.384 e. The van der Waals surface area contributed by atoms with Crippen LogP contribution in [-0.2, 0) is 6.42 Å². The van der Waals surface area contributed by atoms with E-state index in [9.17, 15) is 0 Å². The summed E-state index contributed by atoms with van der Waals surface area (Å²) in [5.41, 5.74) is 5.45. The Balaban J connectivity index is 1.61. The van der Waals surface area contributed by atoms with Gasteiger partial charge in [-0.3, -0.25) is 0 Å². The van der Waals surface area contributed by atoms with Gasteiger partial charge in [0.1, 0.15) is 0 Å². The van der Waals surface area contributed by atoms with Crippen LogP contribution in [0.25, 0.3) is 22.3 Å². The van der Waals surface area contributed by atoms with Gasteiger partial charge >= 0.3 is 0 Å². The van der Waals surface area contributed by atoms with Crippen molar-refractivity contribution < 1.29 is 0 Å². The van der Waals surface area contributed by atoms with Gasteiger partial charge in [-0.05, 0) is 43.2 Å². The molecule has 0 fully saturated rings. The molecule has 29 heavy (non-hydrogen) atoms. The molecule has 3 aromatic carbocycles. The van der Waals surface area contributed by atoms with Crippen molar-refractivity contribution in [1.82, 2.24) is 15.1 Å². The summed E-state index contributed by atoms with van der Waals surface area (Å²) >= 11 is 12.3. The Morgan fingerprint density at radius 2 is 1.83 bits per heavy atom. The van der Waals surface area contributed by atoms with Gasteiger partial charge in [-0.2, -0.15) is 5.10 Å². The summed E-state index contributed by atoms with van der Waals surface area (Å²) in [6.45, 7) is 2.91. The molecule has 0 radical (unpaired) electrons. The van der Waals surface area contributed by atoms with E-state index in [2.05, 4.69) is 59.0 Å². The molecule has 1 aromatic heterocycles. The second-order valence-electron chi connectivity index (χ2n) is 6.76. The number of rotatable bonds is 6. The Kier molecular flexibility index (Phi) is 5.89. The van der Waals surface area contributed by atoms with Crippen molar-refractivity contribution in [1.29, 1.82) is 0 Å². The smallest absolute Gasteiger partial charge is 0.0747 e. The van der Waals surface area contributed by atoms with Gasteiger partial charge in [0.2, 0.25) is 0 Å². The van der Waals surface area contributed by atoms with Crippen LogP contribution < -0.4 is 5.32 Å². The molecule has 0 saturated heterocycles. The van der Waals surface area contributed by atoms with Crippen LogP contribution >= 0.6 is 23.2 Å². The highest BCUT2D eigenvalue weighted by atomic mass is 35.5. The van der Waals surface area contributed by atoms with E-state index in [4.69, 9.17) is 23.2 Å². The van der Waals surface area contributed by atoms with E-state index in [1.807, 2.05) is 36.0 Å². The summed E-state index contributed by atoms with van der Waals surface area (Å²) < 4.78 is 1.89. The average Bonchev–Trinajstić information content (AvgIpc) is 3.18. The molecule has 0 spiro atoms. The molecule has 4 aromatic rings. The number of halogens is 2. The third-order valence-electron chi connectivity index (χ3n) is 4.91. The third-order valence-corrected chi connectivity index (χ3v) is 5.65. The second kappa shape index (κ2) is 8.73. The van der Waals surface area contributed by atoms with Crippen LogP contribution in [0, 0.1) is 0 Å². The van der Waals surface area contributed by atoms with E-state index in [-0.39, 0.29) is 0 Å². The summed E-state index contributed by atoms with van der Waals surface area (Å²) in [6.07, 6.45) is 4.97.